The molecular weight excluding hydrogens is 260 g/mol. The summed E-state index contributed by atoms with van der Waals surface area (Å²) in [6.07, 6.45) is 1.04. The van der Waals surface area contributed by atoms with Gasteiger partial charge in [0.25, 0.3) is 0 Å². The third-order valence-corrected chi connectivity index (χ3v) is 4.06. The van der Waals surface area contributed by atoms with Gasteiger partial charge < -0.3 is 14.6 Å². The van der Waals surface area contributed by atoms with Gasteiger partial charge >= 0.3 is 0 Å². The Morgan fingerprint density at radius 2 is 1.86 bits per heavy atom. The van der Waals surface area contributed by atoms with Gasteiger partial charge in [-0.05, 0) is 63.1 Å². The minimum absolute atomic E-state index is 0.915. The molecule has 2 aromatic rings. The highest BCUT2D eigenvalue weighted by Crippen LogP contribution is 2.15. The van der Waals surface area contributed by atoms with Crippen molar-refractivity contribution < 1.29 is 4.74 Å². The van der Waals surface area contributed by atoms with Gasteiger partial charge in [-0.1, -0.05) is 12.1 Å². The minimum atomic E-state index is 0.915. The topological polar surface area (TPSA) is 26.2 Å². The summed E-state index contributed by atoms with van der Waals surface area (Å²) in [5.41, 5.74) is 5.47. The van der Waals surface area contributed by atoms with Crippen LogP contribution in [-0.4, -0.2) is 18.2 Å². The molecule has 0 saturated heterocycles. The molecular formula is C18H26N2O. The summed E-state index contributed by atoms with van der Waals surface area (Å²) < 4.78 is 7.53. The van der Waals surface area contributed by atoms with Gasteiger partial charge in [0.05, 0.1) is 7.11 Å². The SMILES string of the molecule is CCn1c(C)cc(CNCCc2ccc(OC)cc2)c1C. The Bertz CT molecular complexity index is 570. The normalized spacial score (nSPS) is 10.9. The Balaban J connectivity index is 1.81. The molecule has 2 rings (SSSR count). The molecule has 0 radical (unpaired) electrons. The molecule has 21 heavy (non-hydrogen) atoms. The second kappa shape index (κ2) is 7.32. The summed E-state index contributed by atoms with van der Waals surface area (Å²) in [5, 5.41) is 3.54. The number of ether oxygens (including phenoxy) is 1. The van der Waals surface area contributed by atoms with E-state index in [4.69, 9.17) is 4.74 Å². The molecule has 0 aliphatic heterocycles. The Morgan fingerprint density at radius 1 is 1.14 bits per heavy atom. The fraction of sp³-hybridized carbons (Fsp3) is 0.444. The molecule has 3 nitrogen and oxygen atoms in total. The molecule has 0 saturated carbocycles. The van der Waals surface area contributed by atoms with E-state index in [1.807, 2.05) is 12.1 Å². The van der Waals surface area contributed by atoms with Crippen molar-refractivity contribution in [3.05, 3.63) is 52.8 Å². The summed E-state index contributed by atoms with van der Waals surface area (Å²) >= 11 is 0. The quantitative estimate of drug-likeness (QED) is 0.789. The summed E-state index contributed by atoms with van der Waals surface area (Å²) in [6.45, 7) is 9.55. The average Bonchev–Trinajstić information content (AvgIpc) is 2.78. The van der Waals surface area contributed by atoms with Crippen LogP contribution >= 0.6 is 0 Å². The largest absolute Gasteiger partial charge is 0.497 e. The maximum absolute atomic E-state index is 5.17. The molecule has 0 bridgehead atoms. The molecule has 0 atom stereocenters. The number of methoxy groups -OCH3 is 1. The number of hydrogen-bond acceptors (Lipinski definition) is 2. The van der Waals surface area contributed by atoms with Crippen LogP contribution in [0.1, 0.15) is 29.4 Å². The van der Waals surface area contributed by atoms with Crippen molar-refractivity contribution in [2.75, 3.05) is 13.7 Å². The van der Waals surface area contributed by atoms with Gasteiger partial charge in [0.15, 0.2) is 0 Å². The van der Waals surface area contributed by atoms with Gasteiger partial charge in [-0.15, -0.1) is 0 Å². The average molecular weight is 286 g/mol. The fourth-order valence-electron chi connectivity index (χ4n) is 2.79. The number of nitrogens with one attached hydrogen (secondary N) is 1. The first-order valence-electron chi connectivity index (χ1n) is 7.65. The first-order chi connectivity index (χ1) is 10.2. The molecule has 3 heteroatoms. The van der Waals surface area contributed by atoms with Gasteiger partial charge in [-0.3, -0.25) is 0 Å². The lowest BCUT2D eigenvalue weighted by atomic mass is 10.1. The molecule has 1 aromatic carbocycles. The maximum Gasteiger partial charge on any atom is 0.118 e. The van der Waals surface area contributed by atoms with Gasteiger partial charge in [-0.2, -0.15) is 0 Å². The third-order valence-electron chi connectivity index (χ3n) is 4.06. The van der Waals surface area contributed by atoms with Gasteiger partial charge in [-0.25, -0.2) is 0 Å². The van der Waals surface area contributed by atoms with Crippen LogP contribution in [0.4, 0.5) is 0 Å². The van der Waals surface area contributed by atoms with Crippen molar-refractivity contribution in [1.29, 1.82) is 0 Å². The molecule has 1 heterocycles. The van der Waals surface area contributed by atoms with E-state index in [1.165, 1.54) is 22.5 Å². The van der Waals surface area contributed by atoms with E-state index in [0.29, 0.717) is 0 Å². The number of rotatable bonds is 7. The van der Waals surface area contributed by atoms with E-state index in [-0.39, 0.29) is 0 Å². The van der Waals surface area contributed by atoms with Crippen LogP contribution in [0.3, 0.4) is 0 Å². The molecule has 0 amide bonds. The maximum atomic E-state index is 5.17. The second-order valence-corrected chi connectivity index (χ2v) is 5.42. The van der Waals surface area contributed by atoms with Crippen molar-refractivity contribution in [2.24, 2.45) is 0 Å². The van der Waals surface area contributed by atoms with Crippen LogP contribution in [0.5, 0.6) is 5.75 Å². The van der Waals surface area contributed by atoms with E-state index in [1.54, 1.807) is 7.11 Å². The van der Waals surface area contributed by atoms with Gasteiger partial charge in [0.2, 0.25) is 0 Å². The number of aryl methyl sites for hydroxylation is 1. The molecule has 0 aliphatic carbocycles. The van der Waals surface area contributed by atoms with Crippen LogP contribution in [0.2, 0.25) is 0 Å². The first kappa shape index (κ1) is 15.6. The number of nitrogens with zero attached hydrogens (tertiary/aromatic N) is 1. The molecule has 0 aliphatic rings. The van der Waals surface area contributed by atoms with E-state index in [0.717, 1.165) is 31.8 Å². The summed E-state index contributed by atoms with van der Waals surface area (Å²) in [5.74, 6) is 0.915. The highest BCUT2D eigenvalue weighted by Gasteiger charge is 2.06. The smallest absolute Gasteiger partial charge is 0.118 e. The van der Waals surface area contributed by atoms with E-state index < -0.39 is 0 Å². The highest BCUT2D eigenvalue weighted by atomic mass is 16.5. The summed E-state index contributed by atoms with van der Waals surface area (Å²) in [4.78, 5) is 0. The summed E-state index contributed by atoms with van der Waals surface area (Å²) in [6, 6.07) is 10.6. The van der Waals surface area contributed by atoms with Gasteiger partial charge in [0.1, 0.15) is 5.75 Å². The van der Waals surface area contributed by atoms with Crippen molar-refractivity contribution in [3.63, 3.8) is 0 Å². The van der Waals surface area contributed by atoms with Crippen molar-refractivity contribution in [3.8, 4) is 5.75 Å². The predicted octanol–water partition coefficient (Wildman–Crippen LogP) is 3.47. The summed E-state index contributed by atoms with van der Waals surface area (Å²) in [7, 11) is 1.70. The first-order valence-corrected chi connectivity index (χ1v) is 7.65. The number of hydrogen-bond donors (Lipinski definition) is 1. The molecule has 0 fully saturated rings. The van der Waals surface area contributed by atoms with Crippen molar-refractivity contribution >= 4 is 0 Å². The third kappa shape index (κ3) is 3.88. The van der Waals surface area contributed by atoms with Gasteiger partial charge in [0, 0.05) is 24.5 Å². The Hall–Kier alpha value is -1.74. The Labute approximate surface area is 127 Å². The zero-order valence-corrected chi connectivity index (χ0v) is 13.6. The lowest BCUT2D eigenvalue weighted by Crippen LogP contribution is -2.17. The van der Waals surface area contributed by atoms with Crippen LogP contribution < -0.4 is 10.1 Å². The second-order valence-electron chi connectivity index (χ2n) is 5.42. The molecule has 0 unspecified atom stereocenters. The lowest BCUT2D eigenvalue weighted by Gasteiger charge is -2.08. The van der Waals surface area contributed by atoms with E-state index in [9.17, 15) is 0 Å². The lowest BCUT2D eigenvalue weighted by molar-refractivity contribution is 0.414. The van der Waals surface area contributed by atoms with Crippen LogP contribution in [0.15, 0.2) is 30.3 Å². The number of benzene rings is 1. The standard InChI is InChI=1S/C18H26N2O/c1-5-20-14(2)12-17(15(20)3)13-19-11-10-16-6-8-18(21-4)9-7-16/h6-9,12,19H,5,10-11,13H2,1-4H3. The van der Waals surface area contributed by atoms with Crippen LogP contribution in [0, 0.1) is 13.8 Å². The number of aromatic nitrogens is 1. The zero-order valence-electron chi connectivity index (χ0n) is 13.6. The molecule has 1 N–H and O–H groups in total. The molecule has 114 valence electrons. The van der Waals surface area contributed by atoms with Crippen LogP contribution in [-0.2, 0) is 19.5 Å². The molecule has 1 aromatic heterocycles. The highest BCUT2D eigenvalue weighted by molar-refractivity contribution is 5.28. The van der Waals surface area contributed by atoms with Crippen molar-refractivity contribution in [1.82, 2.24) is 9.88 Å². The Morgan fingerprint density at radius 3 is 2.43 bits per heavy atom. The van der Waals surface area contributed by atoms with E-state index >= 15 is 0 Å². The fourth-order valence-corrected chi connectivity index (χ4v) is 2.79. The minimum Gasteiger partial charge on any atom is -0.497 e. The van der Waals surface area contributed by atoms with Crippen LogP contribution in [0.25, 0.3) is 0 Å². The van der Waals surface area contributed by atoms with Crippen molar-refractivity contribution in [2.45, 2.75) is 40.3 Å². The van der Waals surface area contributed by atoms with E-state index in [2.05, 4.69) is 48.9 Å². The Kier molecular flexibility index (Phi) is 5.45. The molecule has 0 spiro atoms. The predicted molar refractivity (Wildman–Crippen MR) is 88.0 cm³/mol. The monoisotopic (exact) mass is 286 g/mol. The zero-order chi connectivity index (χ0) is 15.2.